The molecule has 1 amide bonds. The van der Waals surface area contributed by atoms with Gasteiger partial charge in [-0.25, -0.2) is 4.68 Å². The Labute approximate surface area is 198 Å². The van der Waals surface area contributed by atoms with Crippen molar-refractivity contribution in [3.8, 4) is 22.7 Å². The molecule has 0 aliphatic rings. The molecule has 4 rings (SSSR count). The number of methoxy groups -OCH3 is 1. The number of benzene rings is 3. The van der Waals surface area contributed by atoms with Gasteiger partial charge in [0.15, 0.2) is 5.69 Å². The second-order valence-corrected chi connectivity index (χ2v) is 7.87. The van der Waals surface area contributed by atoms with Gasteiger partial charge in [0.05, 0.1) is 29.2 Å². The lowest BCUT2D eigenvalue weighted by Gasteiger charge is -2.13. The van der Waals surface area contributed by atoms with E-state index in [2.05, 4.69) is 10.4 Å². The third-order valence-corrected chi connectivity index (χ3v) is 5.54. The Kier molecular flexibility index (Phi) is 6.34. The first-order valence-corrected chi connectivity index (χ1v) is 10.5. The Hall–Kier alpha value is -3.78. The van der Waals surface area contributed by atoms with E-state index in [0.29, 0.717) is 28.3 Å². The lowest BCUT2D eigenvalue weighted by atomic mass is 10.1. The van der Waals surface area contributed by atoms with Gasteiger partial charge in [-0.2, -0.15) is 18.3 Å². The van der Waals surface area contributed by atoms with Crippen molar-refractivity contribution in [1.29, 1.82) is 0 Å². The molecule has 0 aliphatic carbocycles. The third-order valence-electron chi connectivity index (χ3n) is 5.22. The van der Waals surface area contributed by atoms with E-state index in [1.165, 1.54) is 19.2 Å². The van der Waals surface area contributed by atoms with Crippen molar-refractivity contribution in [2.45, 2.75) is 13.1 Å². The van der Waals surface area contributed by atoms with Gasteiger partial charge in [-0.3, -0.25) is 4.79 Å². The van der Waals surface area contributed by atoms with Crippen molar-refractivity contribution in [2.75, 3.05) is 12.4 Å². The van der Waals surface area contributed by atoms with Crippen LogP contribution >= 0.6 is 11.6 Å². The molecule has 0 aliphatic heterocycles. The van der Waals surface area contributed by atoms with Gasteiger partial charge in [0.2, 0.25) is 0 Å². The van der Waals surface area contributed by atoms with Crippen LogP contribution in [0, 0.1) is 6.92 Å². The number of nitrogens with one attached hydrogen (secondary N) is 1. The highest BCUT2D eigenvalue weighted by molar-refractivity contribution is 6.32. The summed E-state index contributed by atoms with van der Waals surface area (Å²) in [7, 11) is 1.51. The Balaban J connectivity index is 1.69. The summed E-state index contributed by atoms with van der Waals surface area (Å²) in [6.45, 7) is 1.84. The monoisotopic (exact) mass is 485 g/mol. The number of anilines is 1. The molecular weight excluding hydrogens is 467 g/mol. The van der Waals surface area contributed by atoms with Gasteiger partial charge in [0.25, 0.3) is 5.91 Å². The molecule has 1 N–H and O–H groups in total. The summed E-state index contributed by atoms with van der Waals surface area (Å²) in [4.78, 5) is 12.8. The first-order chi connectivity index (χ1) is 16.2. The number of carbonyl (C=O) groups is 1. The molecule has 0 bridgehead atoms. The summed E-state index contributed by atoms with van der Waals surface area (Å²) >= 11 is 6.22. The molecular formula is C25H19ClF3N3O2. The van der Waals surface area contributed by atoms with Gasteiger partial charge in [-0.05, 0) is 48.9 Å². The van der Waals surface area contributed by atoms with E-state index >= 15 is 0 Å². The highest BCUT2D eigenvalue weighted by atomic mass is 35.5. The van der Waals surface area contributed by atoms with E-state index in [0.717, 1.165) is 16.3 Å². The van der Waals surface area contributed by atoms with Gasteiger partial charge >= 0.3 is 6.18 Å². The molecule has 5 nitrogen and oxygen atoms in total. The minimum absolute atomic E-state index is 0.188. The fraction of sp³-hybridized carbons (Fsp3) is 0.120. The average molecular weight is 486 g/mol. The lowest BCUT2D eigenvalue weighted by molar-refractivity contribution is -0.141. The molecule has 1 heterocycles. The van der Waals surface area contributed by atoms with E-state index < -0.39 is 11.9 Å². The number of nitrogens with zero attached hydrogens (tertiary/aromatic N) is 2. The molecule has 0 atom stereocenters. The number of hydrogen-bond donors (Lipinski definition) is 1. The lowest BCUT2D eigenvalue weighted by Crippen LogP contribution is -2.13. The van der Waals surface area contributed by atoms with E-state index in [9.17, 15) is 18.0 Å². The summed E-state index contributed by atoms with van der Waals surface area (Å²) in [6, 6.07) is 19.0. The van der Waals surface area contributed by atoms with Crippen molar-refractivity contribution in [3.63, 3.8) is 0 Å². The molecule has 3 aromatic carbocycles. The van der Waals surface area contributed by atoms with Gasteiger partial charge in [0, 0.05) is 11.1 Å². The summed E-state index contributed by atoms with van der Waals surface area (Å²) in [6.07, 6.45) is -4.63. The van der Waals surface area contributed by atoms with Crippen LogP contribution in [0.2, 0.25) is 5.02 Å². The topological polar surface area (TPSA) is 56.1 Å². The molecule has 9 heteroatoms. The number of hydrogen-bond acceptors (Lipinski definition) is 3. The normalized spacial score (nSPS) is 11.4. The minimum atomic E-state index is -4.63. The average Bonchev–Trinajstić information content (AvgIpc) is 3.26. The number of aromatic nitrogens is 2. The van der Waals surface area contributed by atoms with Crippen LogP contribution in [0.25, 0.3) is 16.9 Å². The number of amides is 1. The van der Waals surface area contributed by atoms with Crippen molar-refractivity contribution < 1.29 is 22.7 Å². The first-order valence-electron chi connectivity index (χ1n) is 10.2. The number of carbonyl (C=O) groups excluding carboxylic acids is 1. The predicted octanol–water partition coefficient (Wildman–Crippen LogP) is 6.78. The van der Waals surface area contributed by atoms with Crippen LogP contribution in [0.5, 0.6) is 5.75 Å². The van der Waals surface area contributed by atoms with Crippen molar-refractivity contribution in [3.05, 3.63) is 94.6 Å². The molecule has 1 aromatic heterocycles. The van der Waals surface area contributed by atoms with Gasteiger partial charge in [-0.1, -0.05) is 48.0 Å². The number of para-hydroxylation sites is 2. The SMILES string of the molecule is COc1cccc(C)c1NC(=O)c1ccc(-c2cc(C(F)(F)F)nn2-c2ccccc2Cl)cc1. The minimum Gasteiger partial charge on any atom is -0.495 e. The second-order valence-electron chi connectivity index (χ2n) is 7.46. The number of alkyl halides is 3. The highest BCUT2D eigenvalue weighted by Gasteiger charge is 2.35. The van der Waals surface area contributed by atoms with Crippen molar-refractivity contribution in [1.82, 2.24) is 9.78 Å². The fourth-order valence-electron chi connectivity index (χ4n) is 3.48. The Morgan fingerprint density at radius 2 is 1.74 bits per heavy atom. The van der Waals surface area contributed by atoms with Crippen molar-refractivity contribution in [2.24, 2.45) is 0 Å². The quantitative estimate of drug-likeness (QED) is 0.339. The zero-order valence-corrected chi connectivity index (χ0v) is 18.9. The summed E-state index contributed by atoms with van der Waals surface area (Å²) in [5.41, 5.74) is 1.59. The maximum Gasteiger partial charge on any atom is 0.435 e. The molecule has 0 fully saturated rings. The van der Waals surface area contributed by atoms with Crippen LogP contribution < -0.4 is 10.1 Å². The summed E-state index contributed by atoms with van der Waals surface area (Å²) < 4.78 is 46.7. The number of aryl methyl sites for hydroxylation is 1. The van der Waals surface area contributed by atoms with E-state index in [-0.39, 0.29) is 16.6 Å². The number of ether oxygens (including phenoxy) is 1. The molecule has 0 spiro atoms. The van der Waals surface area contributed by atoms with E-state index in [4.69, 9.17) is 16.3 Å². The maximum absolute atomic E-state index is 13.4. The van der Waals surface area contributed by atoms with Crippen LogP contribution in [-0.4, -0.2) is 22.8 Å². The summed E-state index contributed by atoms with van der Waals surface area (Å²) in [5.74, 6) is 0.142. The Morgan fingerprint density at radius 1 is 1.03 bits per heavy atom. The molecule has 0 radical (unpaired) electrons. The third kappa shape index (κ3) is 4.63. The zero-order chi connectivity index (χ0) is 24.5. The van der Waals surface area contributed by atoms with Crippen LogP contribution in [0.4, 0.5) is 18.9 Å². The molecule has 0 unspecified atom stereocenters. The maximum atomic E-state index is 13.4. The molecule has 34 heavy (non-hydrogen) atoms. The number of rotatable bonds is 5. The summed E-state index contributed by atoms with van der Waals surface area (Å²) in [5, 5.41) is 6.82. The van der Waals surface area contributed by atoms with E-state index in [1.807, 2.05) is 19.1 Å². The van der Waals surface area contributed by atoms with Crippen LogP contribution in [0.3, 0.4) is 0 Å². The highest BCUT2D eigenvalue weighted by Crippen LogP contribution is 2.35. The Morgan fingerprint density at radius 3 is 2.38 bits per heavy atom. The zero-order valence-electron chi connectivity index (χ0n) is 18.2. The molecule has 4 aromatic rings. The van der Waals surface area contributed by atoms with Crippen LogP contribution in [0.1, 0.15) is 21.6 Å². The Bertz CT molecular complexity index is 1350. The molecule has 0 saturated heterocycles. The second kappa shape index (κ2) is 9.23. The molecule has 174 valence electrons. The standard InChI is InChI=1S/C25H19ClF3N3O2/c1-15-6-5-9-21(34-2)23(15)30-24(33)17-12-10-16(11-13-17)20-14-22(25(27,28)29)31-32(20)19-8-4-3-7-18(19)26/h3-14H,1-2H3,(H,30,33). The fourth-order valence-corrected chi connectivity index (χ4v) is 3.70. The van der Waals surface area contributed by atoms with Gasteiger partial charge < -0.3 is 10.1 Å². The van der Waals surface area contributed by atoms with Crippen molar-refractivity contribution >= 4 is 23.2 Å². The largest absolute Gasteiger partial charge is 0.495 e. The predicted molar refractivity (Wildman–Crippen MR) is 125 cm³/mol. The number of halogens is 4. The molecule has 0 saturated carbocycles. The van der Waals surface area contributed by atoms with E-state index in [1.54, 1.807) is 42.5 Å². The smallest absolute Gasteiger partial charge is 0.435 e. The van der Waals surface area contributed by atoms with Crippen LogP contribution in [-0.2, 0) is 6.18 Å². The van der Waals surface area contributed by atoms with Crippen LogP contribution in [0.15, 0.2) is 72.8 Å². The van der Waals surface area contributed by atoms with Gasteiger partial charge in [-0.15, -0.1) is 0 Å². The van der Waals surface area contributed by atoms with Gasteiger partial charge in [0.1, 0.15) is 5.75 Å². The first kappa shape index (κ1) is 23.4.